The molecule has 0 saturated carbocycles. The lowest BCUT2D eigenvalue weighted by molar-refractivity contribution is -0.0508. The Balaban J connectivity index is 2.14. The Morgan fingerprint density at radius 1 is 1.36 bits per heavy atom. The van der Waals surface area contributed by atoms with Crippen molar-refractivity contribution in [1.82, 2.24) is 14.5 Å². The van der Waals surface area contributed by atoms with Crippen molar-refractivity contribution in [3.05, 3.63) is 18.1 Å². The van der Waals surface area contributed by atoms with E-state index in [0.29, 0.717) is 6.29 Å². The molecule has 10 nitrogen and oxygen atoms in total. The second kappa shape index (κ2) is 5.59. The van der Waals surface area contributed by atoms with Crippen molar-refractivity contribution in [3.8, 4) is 0 Å². The van der Waals surface area contributed by atoms with Gasteiger partial charge in [0, 0.05) is 11.8 Å². The Bertz CT molecular complexity index is 704. The molecule has 5 N–H and O–H groups in total. The molecule has 3 heterocycles. The molecule has 1 aliphatic rings. The summed E-state index contributed by atoms with van der Waals surface area (Å²) >= 11 is 0. The highest BCUT2D eigenvalue weighted by Crippen LogP contribution is 2.34. The van der Waals surface area contributed by atoms with Gasteiger partial charge in [-0.1, -0.05) is 0 Å². The Morgan fingerprint density at radius 2 is 2.14 bits per heavy atom. The smallest absolute Gasteiger partial charge is 0.164 e. The lowest BCUT2D eigenvalue weighted by Crippen LogP contribution is -2.33. The van der Waals surface area contributed by atoms with E-state index in [1.165, 1.54) is 10.8 Å². The van der Waals surface area contributed by atoms with Crippen LogP contribution in [0.2, 0.25) is 0 Å². The number of carbonyl (C=O) groups is 1. The highest BCUT2D eigenvalue weighted by atomic mass is 16.6. The number of aliphatic hydroxyl groups excluding tert-OH is 3. The lowest BCUT2D eigenvalue weighted by Gasteiger charge is -2.17. The molecular weight excluding hydrogens is 296 g/mol. The van der Waals surface area contributed by atoms with Gasteiger partial charge in [-0.25, -0.2) is 9.97 Å². The molecule has 1 saturated heterocycles. The third-order valence-electron chi connectivity index (χ3n) is 3.66. The average molecular weight is 310 g/mol. The van der Waals surface area contributed by atoms with Gasteiger partial charge in [-0.05, 0) is 0 Å². The van der Waals surface area contributed by atoms with E-state index < -0.39 is 31.1 Å². The topological polar surface area (TPSA) is 150 Å². The largest absolute Gasteiger partial charge is 0.394 e. The van der Waals surface area contributed by atoms with Crippen LogP contribution >= 0.6 is 0 Å². The van der Waals surface area contributed by atoms with Crippen LogP contribution in [0.25, 0.3) is 11.0 Å². The molecule has 0 bridgehead atoms. The second-order valence-corrected chi connectivity index (χ2v) is 4.87. The fourth-order valence-corrected chi connectivity index (χ4v) is 2.59. The first-order valence-corrected chi connectivity index (χ1v) is 6.45. The van der Waals surface area contributed by atoms with Crippen molar-refractivity contribution >= 4 is 23.1 Å². The number of aldehydes is 1. The molecule has 2 aromatic rings. The van der Waals surface area contributed by atoms with E-state index in [2.05, 4.69) is 9.97 Å². The molecule has 0 radical (unpaired) electrons. The molecule has 0 amide bonds. The number of aromatic nitrogens is 3. The minimum absolute atomic E-state index is 0.0255. The van der Waals surface area contributed by atoms with E-state index in [1.807, 2.05) is 5.48 Å². The molecule has 0 aliphatic carbocycles. The fourth-order valence-electron chi connectivity index (χ4n) is 2.59. The van der Waals surface area contributed by atoms with Crippen LogP contribution in [0.4, 0.5) is 5.82 Å². The minimum atomic E-state index is -1.31. The molecule has 118 valence electrons. The van der Waals surface area contributed by atoms with Crippen molar-refractivity contribution in [2.75, 3.05) is 12.1 Å². The summed E-state index contributed by atoms with van der Waals surface area (Å²) in [6.45, 7) is -0.465. The summed E-state index contributed by atoms with van der Waals surface area (Å²) in [5.74, 6) is 0.0255. The molecule has 4 unspecified atom stereocenters. The summed E-state index contributed by atoms with van der Waals surface area (Å²) in [7, 11) is 0. The first kappa shape index (κ1) is 14.8. The predicted molar refractivity (Wildman–Crippen MR) is 71.3 cm³/mol. The van der Waals surface area contributed by atoms with Crippen LogP contribution in [0.1, 0.15) is 16.6 Å². The van der Waals surface area contributed by atoms with Crippen molar-refractivity contribution in [2.24, 2.45) is 0 Å². The SMILES string of the molecule is O=Cc1cn(C2OC(CO)C(O)C2O)c2ncnc(NO)c12. The molecular formula is C12H14N4O6. The normalized spacial score (nSPS) is 28.2. The standard InChI is InChI=1S/C12H14N4O6/c17-2-5-1-16(11-7(5)10(15-21)13-4-14-11)12-9(20)8(19)6(3-18)22-12/h1-2,4,6,8-9,12,18-21H,3H2,(H,13,14,15). The maximum absolute atomic E-state index is 11.2. The van der Waals surface area contributed by atoms with Crippen molar-refractivity contribution < 1.29 is 30.1 Å². The van der Waals surface area contributed by atoms with Gasteiger partial charge in [-0.15, -0.1) is 0 Å². The summed E-state index contributed by atoms with van der Waals surface area (Å²) < 4.78 is 6.77. The molecule has 2 aromatic heterocycles. The summed E-state index contributed by atoms with van der Waals surface area (Å²) in [6, 6.07) is 0. The summed E-state index contributed by atoms with van der Waals surface area (Å²) in [5.41, 5.74) is 2.27. The molecule has 0 spiro atoms. The Hall–Kier alpha value is -2.11. The molecule has 10 heteroatoms. The maximum atomic E-state index is 11.2. The first-order valence-electron chi connectivity index (χ1n) is 6.45. The maximum Gasteiger partial charge on any atom is 0.164 e. The third-order valence-corrected chi connectivity index (χ3v) is 3.66. The highest BCUT2D eigenvalue weighted by molar-refractivity contribution is 6.01. The summed E-state index contributed by atoms with van der Waals surface area (Å²) in [4.78, 5) is 19.0. The van der Waals surface area contributed by atoms with Gasteiger partial charge in [-0.2, -0.15) is 0 Å². The molecule has 3 rings (SSSR count). The van der Waals surface area contributed by atoms with E-state index >= 15 is 0 Å². The van der Waals surface area contributed by atoms with E-state index in [4.69, 9.17) is 15.1 Å². The first-order chi connectivity index (χ1) is 10.6. The number of carbonyl (C=O) groups excluding carboxylic acids is 1. The Kier molecular flexibility index (Phi) is 3.76. The van der Waals surface area contributed by atoms with Gasteiger partial charge in [0.1, 0.15) is 30.3 Å². The number of nitrogens with zero attached hydrogens (tertiary/aromatic N) is 3. The zero-order chi connectivity index (χ0) is 15.9. The van der Waals surface area contributed by atoms with Gasteiger partial charge in [0.15, 0.2) is 18.3 Å². The van der Waals surface area contributed by atoms with Crippen LogP contribution in [0.3, 0.4) is 0 Å². The predicted octanol–water partition coefficient (Wildman–Crippen LogP) is -1.34. The quantitative estimate of drug-likeness (QED) is 0.341. The van der Waals surface area contributed by atoms with Gasteiger partial charge >= 0.3 is 0 Å². The second-order valence-electron chi connectivity index (χ2n) is 4.87. The zero-order valence-corrected chi connectivity index (χ0v) is 11.2. The average Bonchev–Trinajstić information content (AvgIpc) is 3.06. The summed E-state index contributed by atoms with van der Waals surface area (Å²) in [5, 5.41) is 38.4. The van der Waals surface area contributed by atoms with Crippen LogP contribution in [-0.2, 0) is 4.74 Å². The fraction of sp³-hybridized carbons (Fsp3) is 0.417. The van der Waals surface area contributed by atoms with E-state index in [0.717, 1.165) is 6.33 Å². The van der Waals surface area contributed by atoms with Crippen molar-refractivity contribution in [1.29, 1.82) is 0 Å². The van der Waals surface area contributed by atoms with Gasteiger partial charge in [-0.3, -0.25) is 15.5 Å². The van der Waals surface area contributed by atoms with E-state index in [-0.39, 0.29) is 22.4 Å². The monoisotopic (exact) mass is 310 g/mol. The van der Waals surface area contributed by atoms with Crippen LogP contribution in [0, 0.1) is 0 Å². The molecule has 1 aliphatic heterocycles. The Labute approximate surface area is 123 Å². The third kappa shape index (κ3) is 2.05. The number of rotatable bonds is 4. The highest BCUT2D eigenvalue weighted by Gasteiger charge is 2.44. The number of hydrogen-bond donors (Lipinski definition) is 5. The van der Waals surface area contributed by atoms with Crippen LogP contribution in [-0.4, -0.2) is 66.3 Å². The zero-order valence-electron chi connectivity index (χ0n) is 11.2. The Morgan fingerprint density at radius 3 is 2.73 bits per heavy atom. The summed E-state index contributed by atoms with van der Waals surface area (Å²) in [6.07, 6.45) is -1.50. The van der Waals surface area contributed by atoms with E-state index in [9.17, 15) is 15.0 Å². The molecule has 1 fully saturated rings. The number of hydrogen-bond acceptors (Lipinski definition) is 9. The lowest BCUT2D eigenvalue weighted by atomic mass is 10.1. The number of fused-ring (bicyclic) bond motifs is 1. The number of anilines is 1. The molecule has 4 atom stereocenters. The van der Waals surface area contributed by atoms with Crippen molar-refractivity contribution in [2.45, 2.75) is 24.5 Å². The minimum Gasteiger partial charge on any atom is -0.394 e. The molecule has 0 aromatic carbocycles. The number of aliphatic hydroxyl groups is 3. The van der Waals surface area contributed by atoms with Gasteiger partial charge in [0.2, 0.25) is 0 Å². The van der Waals surface area contributed by atoms with Crippen LogP contribution in [0.5, 0.6) is 0 Å². The number of nitrogens with one attached hydrogen (secondary N) is 1. The number of ether oxygens (including phenoxy) is 1. The van der Waals surface area contributed by atoms with Crippen LogP contribution < -0.4 is 5.48 Å². The van der Waals surface area contributed by atoms with Gasteiger partial charge in [0.25, 0.3) is 0 Å². The van der Waals surface area contributed by atoms with E-state index in [1.54, 1.807) is 0 Å². The molecule has 22 heavy (non-hydrogen) atoms. The van der Waals surface area contributed by atoms with Gasteiger partial charge in [0.05, 0.1) is 12.0 Å². The van der Waals surface area contributed by atoms with Crippen LogP contribution in [0.15, 0.2) is 12.5 Å². The van der Waals surface area contributed by atoms with Crippen molar-refractivity contribution in [3.63, 3.8) is 0 Å². The van der Waals surface area contributed by atoms with Gasteiger partial charge < -0.3 is 24.6 Å².